The third-order valence-electron chi connectivity index (χ3n) is 4.61. The Bertz CT molecular complexity index is 758. The lowest BCUT2D eigenvalue weighted by Gasteiger charge is -2.31. The molecule has 1 aromatic rings. The van der Waals surface area contributed by atoms with Crippen LogP contribution in [0.5, 0.6) is 0 Å². The first-order valence-corrected chi connectivity index (χ1v) is 9.14. The van der Waals surface area contributed by atoms with E-state index in [1.54, 1.807) is 0 Å². The van der Waals surface area contributed by atoms with Gasteiger partial charge in [0, 0.05) is 13.1 Å². The largest absolute Gasteiger partial charge is 0.480 e. The molecule has 0 spiro atoms. The second-order valence-corrected chi connectivity index (χ2v) is 6.50. The summed E-state index contributed by atoms with van der Waals surface area (Å²) in [6.07, 6.45) is 0.713. The molecular weight excluding hydrogens is 394 g/mol. The fourth-order valence-electron chi connectivity index (χ4n) is 3.15. The predicted octanol–water partition coefficient (Wildman–Crippen LogP) is 0.848. The van der Waals surface area contributed by atoms with Crippen molar-refractivity contribution in [3.8, 4) is 0 Å². The maximum absolute atomic E-state index is 15.3. The first-order chi connectivity index (χ1) is 13.8. The number of carbonyl (C=O) groups is 1. The van der Waals surface area contributed by atoms with Crippen LogP contribution in [0, 0.1) is 21.7 Å². The highest BCUT2D eigenvalue weighted by Crippen LogP contribution is 2.42. The Hall–Kier alpha value is -2.57. The Kier molecular flexibility index (Phi) is 8.05. The molecule has 1 fully saturated rings. The third-order valence-corrected chi connectivity index (χ3v) is 4.61. The molecule has 1 atom stereocenters. The highest BCUT2D eigenvalue weighted by Gasteiger charge is 2.35. The minimum absolute atomic E-state index is 0.0808. The summed E-state index contributed by atoms with van der Waals surface area (Å²) in [7, 11) is 0. The number of hydrogen-bond acceptors (Lipinski definition) is 8. The lowest BCUT2D eigenvalue weighted by atomic mass is 10.0. The lowest BCUT2D eigenvalue weighted by molar-refractivity contribution is -0.385. The number of hydrogen-bond donors (Lipinski definition) is 4. The maximum atomic E-state index is 15.3. The molecule has 10 nitrogen and oxygen atoms in total. The number of rotatable bonds is 10. The van der Waals surface area contributed by atoms with E-state index in [0.29, 0.717) is 19.4 Å². The van der Waals surface area contributed by atoms with Gasteiger partial charge in [-0.2, -0.15) is 0 Å². The Labute approximate surface area is 165 Å². The second-order valence-electron chi connectivity index (χ2n) is 6.50. The first-order valence-electron chi connectivity index (χ1n) is 9.14. The van der Waals surface area contributed by atoms with E-state index in [2.05, 4.69) is 5.32 Å². The van der Waals surface area contributed by atoms with E-state index >= 15 is 8.78 Å². The van der Waals surface area contributed by atoms with Crippen LogP contribution in [0.25, 0.3) is 0 Å². The fourth-order valence-corrected chi connectivity index (χ4v) is 3.15. The number of nitrogens with one attached hydrogen (secondary N) is 1. The van der Waals surface area contributed by atoms with Gasteiger partial charge in [0.2, 0.25) is 0 Å². The van der Waals surface area contributed by atoms with Crippen LogP contribution in [0.2, 0.25) is 0 Å². The van der Waals surface area contributed by atoms with Crippen molar-refractivity contribution < 1.29 is 33.4 Å². The molecule has 0 amide bonds. The average molecular weight is 418 g/mol. The number of morpholine rings is 1. The van der Waals surface area contributed by atoms with Gasteiger partial charge in [-0.3, -0.25) is 10.1 Å². The molecule has 0 saturated carbocycles. The van der Waals surface area contributed by atoms with Crippen molar-refractivity contribution in [2.45, 2.75) is 25.3 Å². The predicted molar refractivity (Wildman–Crippen MR) is 100 cm³/mol. The van der Waals surface area contributed by atoms with Gasteiger partial charge in [0.25, 0.3) is 0 Å². The lowest BCUT2D eigenvalue weighted by Crippen LogP contribution is -2.38. The average Bonchev–Trinajstić information content (AvgIpc) is 2.69. The van der Waals surface area contributed by atoms with Crippen LogP contribution in [0.4, 0.5) is 25.8 Å². The molecule has 1 aliphatic rings. The number of aliphatic hydroxyl groups is 1. The molecular formula is C17H24F2N4O6. The van der Waals surface area contributed by atoms with Crippen molar-refractivity contribution in [1.29, 1.82) is 0 Å². The van der Waals surface area contributed by atoms with Crippen LogP contribution in [0.1, 0.15) is 18.4 Å². The summed E-state index contributed by atoms with van der Waals surface area (Å²) in [6, 6.07) is -1.71. The molecule has 5 N–H and O–H groups in total. The highest BCUT2D eigenvalue weighted by molar-refractivity contribution is 5.82. The standard InChI is InChI=1S/C17H24F2N4O6/c18-12-10(3-1-2-4-20)15(23(27)28)14(21-11(9-24)17(25)26)13(19)16(12)22-5-7-29-8-6-22/h11,21,24H,1-9,20H2,(H,25,26)/t11-/m0/s1. The molecule has 0 aromatic heterocycles. The topological polar surface area (TPSA) is 151 Å². The van der Waals surface area contributed by atoms with Crippen LogP contribution >= 0.6 is 0 Å². The van der Waals surface area contributed by atoms with Gasteiger partial charge < -0.3 is 30.9 Å². The number of nitrogens with zero attached hydrogens (tertiary/aromatic N) is 2. The van der Waals surface area contributed by atoms with Gasteiger partial charge in [0.1, 0.15) is 11.7 Å². The van der Waals surface area contributed by atoms with Crippen LogP contribution in [-0.2, 0) is 16.0 Å². The van der Waals surface area contributed by atoms with Crippen LogP contribution < -0.4 is 16.0 Å². The number of aliphatic carboxylic acids is 1. The number of carboxylic acid groups (broad SMARTS) is 1. The van der Waals surface area contributed by atoms with E-state index in [4.69, 9.17) is 15.6 Å². The molecule has 2 rings (SSSR count). The fraction of sp³-hybridized carbons (Fsp3) is 0.588. The van der Waals surface area contributed by atoms with Gasteiger partial charge in [-0.05, 0) is 25.8 Å². The summed E-state index contributed by atoms with van der Waals surface area (Å²) in [5.41, 5.74) is 2.97. The Balaban J connectivity index is 2.67. The number of halogens is 2. The Morgan fingerprint density at radius 2 is 1.97 bits per heavy atom. The summed E-state index contributed by atoms with van der Waals surface area (Å²) in [5, 5.41) is 32.2. The number of carboxylic acids is 1. The summed E-state index contributed by atoms with van der Waals surface area (Å²) < 4.78 is 35.7. The van der Waals surface area contributed by atoms with Gasteiger partial charge in [0.05, 0.1) is 30.3 Å². The number of anilines is 2. The van der Waals surface area contributed by atoms with Crippen molar-refractivity contribution in [2.24, 2.45) is 5.73 Å². The zero-order valence-electron chi connectivity index (χ0n) is 15.7. The highest BCUT2D eigenvalue weighted by atomic mass is 19.1. The minimum Gasteiger partial charge on any atom is -0.480 e. The SMILES string of the molecule is NCCCCc1c(F)c(N2CCOCC2)c(F)c(N[C@@H](CO)C(=O)O)c1[N+](=O)[O-]. The molecule has 29 heavy (non-hydrogen) atoms. The first kappa shape index (κ1) is 22.7. The van der Waals surface area contributed by atoms with E-state index in [1.165, 1.54) is 4.90 Å². The molecule has 0 radical (unpaired) electrons. The van der Waals surface area contributed by atoms with E-state index in [1.807, 2.05) is 0 Å². The third kappa shape index (κ3) is 5.08. The zero-order valence-corrected chi connectivity index (χ0v) is 15.7. The number of nitro groups is 1. The van der Waals surface area contributed by atoms with Crippen molar-refractivity contribution >= 4 is 23.0 Å². The Morgan fingerprint density at radius 1 is 1.31 bits per heavy atom. The summed E-state index contributed by atoms with van der Waals surface area (Å²) in [6.45, 7) is 0.110. The van der Waals surface area contributed by atoms with Gasteiger partial charge in [-0.25, -0.2) is 13.6 Å². The second kappa shape index (κ2) is 10.3. The number of aliphatic hydroxyl groups excluding tert-OH is 1. The van der Waals surface area contributed by atoms with Crippen LogP contribution in [0.3, 0.4) is 0 Å². The maximum Gasteiger partial charge on any atom is 0.328 e. The number of ether oxygens (including phenoxy) is 1. The normalized spacial score (nSPS) is 15.2. The van der Waals surface area contributed by atoms with E-state index in [9.17, 15) is 20.0 Å². The molecule has 12 heteroatoms. The molecule has 0 unspecified atom stereocenters. The van der Waals surface area contributed by atoms with E-state index in [0.717, 1.165) is 0 Å². The van der Waals surface area contributed by atoms with Crippen LogP contribution in [0.15, 0.2) is 0 Å². The summed E-state index contributed by atoms with van der Waals surface area (Å²) in [4.78, 5) is 23.3. The zero-order chi connectivity index (χ0) is 21.6. The minimum atomic E-state index is -1.71. The summed E-state index contributed by atoms with van der Waals surface area (Å²) >= 11 is 0. The van der Waals surface area contributed by atoms with Gasteiger partial charge in [-0.1, -0.05) is 0 Å². The van der Waals surface area contributed by atoms with Crippen LogP contribution in [-0.4, -0.2) is 66.6 Å². The Morgan fingerprint density at radius 3 is 2.48 bits per heavy atom. The molecule has 1 heterocycles. The van der Waals surface area contributed by atoms with Gasteiger partial charge in [-0.15, -0.1) is 0 Å². The van der Waals surface area contributed by atoms with E-state index < -0.39 is 52.2 Å². The van der Waals surface area contributed by atoms with Gasteiger partial charge >= 0.3 is 11.7 Å². The number of benzene rings is 1. The molecule has 1 aliphatic heterocycles. The number of unbranched alkanes of at least 4 members (excludes halogenated alkanes) is 1. The van der Waals surface area contributed by atoms with Gasteiger partial charge in [0.15, 0.2) is 17.3 Å². The number of nitro benzene ring substituents is 1. The number of nitrogens with two attached hydrogens (primary N) is 1. The monoisotopic (exact) mass is 418 g/mol. The molecule has 1 saturated heterocycles. The van der Waals surface area contributed by atoms with Crippen molar-refractivity contribution in [2.75, 3.05) is 49.7 Å². The molecule has 162 valence electrons. The van der Waals surface area contributed by atoms with Crippen molar-refractivity contribution in [3.05, 3.63) is 27.3 Å². The van der Waals surface area contributed by atoms with E-state index in [-0.39, 0.29) is 38.3 Å². The molecule has 1 aromatic carbocycles. The molecule has 0 aliphatic carbocycles. The quantitative estimate of drug-likeness (QED) is 0.246. The smallest absolute Gasteiger partial charge is 0.328 e. The molecule has 0 bridgehead atoms. The van der Waals surface area contributed by atoms with Crippen molar-refractivity contribution in [1.82, 2.24) is 0 Å². The summed E-state index contributed by atoms with van der Waals surface area (Å²) in [5.74, 6) is -3.88. The van der Waals surface area contributed by atoms with Crippen molar-refractivity contribution in [3.63, 3.8) is 0 Å².